The van der Waals surface area contributed by atoms with Gasteiger partial charge in [0.1, 0.15) is 17.2 Å². The van der Waals surface area contributed by atoms with Gasteiger partial charge in [-0.15, -0.1) is 0 Å². The molecule has 2 amide bonds. The van der Waals surface area contributed by atoms with Crippen molar-refractivity contribution in [1.29, 1.82) is 5.41 Å². The molecule has 1 aromatic rings. The fraction of sp³-hybridized carbons (Fsp3) is 0.560. The first-order valence-electron chi connectivity index (χ1n) is 11.9. The second-order valence-corrected chi connectivity index (χ2v) is 9.94. The van der Waals surface area contributed by atoms with Crippen LogP contribution in [0.4, 0.5) is 0 Å². The van der Waals surface area contributed by atoms with Crippen LogP contribution in [-0.4, -0.2) is 80.1 Å². The van der Waals surface area contributed by atoms with E-state index in [0.717, 1.165) is 18.4 Å². The minimum absolute atomic E-state index is 0.0154. The van der Waals surface area contributed by atoms with Gasteiger partial charge in [0.2, 0.25) is 12.3 Å². The molecule has 2 heterocycles. The zero-order valence-electron chi connectivity index (χ0n) is 20.5. The average molecular weight is 472 g/mol. The minimum atomic E-state index is -1.30. The van der Waals surface area contributed by atoms with Crippen LogP contribution in [-0.2, 0) is 16.1 Å². The lowest BCUT2D eigenvalue weighted by Gasteiger charge is -2.43. The molecule has 0 spiro atoms. The molecule has 2 unspecified atom stereocenters. The summed E-state index contributed by atoms with van der Waals surface area (Å²) in [4.78, 5) is 30.5. The number of hydrogen-bond donors (Lipinski definition) is 4. The fourth-order valence-corrected chi connectivity index (χ4v) is 4.49. The normalized spacial score (nSPS) is 23.8. The molecule has 1 aromatic carbocycles. The van der Waals surface area contributed by atoms with Crippen molar-refractivity contribution in [2.45, 2.75) is 71.4 Å². The number of benzene rings is 1. The second kappa shape index (κ2) is 10.6. The molecule has 2 fully saturated rings. The lowest BCUT2D eigenvalue weighted by molar-refractivity contribution is -0.151. The summed E-state index contributed by atoms with van der Waals surface area (Å²) in [6.07, 6.45) is 1.15. The molecular formula is C25H37N5O4. The van der Waals surface area contributed by atoms with Gasteiger partial charge in [-0.05, 0) is 52.6 Å². The van der Waals surface area contributed by atoms with Gasteiger partial charge in [-0.1, -0.05) is 36.8 Å². The highest BCUT2D eigenvalue weighted by Crippen LogP contribution is 2.26. The number of carbonyl (C=O) groups is 2. The van der Waals surface area contributed by atoms with E-state index in [1.165, 1.54) is 9.80 Å². The first kappa shape index (κ1) is 25.7. The molecule has 0 radical (unpaired) electrons. The first-order chi connectivity index (χ1) is 16.0. The standard InChI is InChI=1S/C25H37N5O4/c1-5-29-23(33)20(21(26)30(24(29)34)15-17-11-7-6-8-12-17)19(31)16-28-14-10-9-13-18(28)22(32)27-25(2,3)4/h6-8,11-12,18,24,26,31,34H,5,9-10,13-16H2,1-4H3,(H,27,32). The van der Waals surface area contributed by atoms with Crippen LogP contribution in [0, 0.1) is 5.41 Å². The van der Waals surface area contributed by atoms with Gasteiger partial charge in [-0.2, -0.15) is 0 Å². The molecule has 0 bridgehead atoms. The van der Waals surface area contributed by atoms with Gasteiger partial charge in [-0.3, -0.25) is 24.8 Å². The minimum Gasteiger partial charge on any atom is -0.510 e. The summed E-state index contributed by atoms with van der Waals surface area (Å²) in [6, 6.07) is 8.95. The fourth-order valence-electron chi connectivity index (χ4n) is 4.49. The summed E-state index contributed by atoms with van der Waals surface area (Å²) < 4.78 is 0. The molecule has 0 aromatic heterocycles. The van der Waals surface area contributed by atoms with E-state index >= 15 is 0 Å². The molecule has 2 aliphatic heterocycles. The third-order valence-electron chi connectivity index (χ3n) is 6.15. The number of likely N-dealkylation sites (tertiary alicyclic amines) is 1. The van der Waals surface area contributed by atoms with Crippen LogP contribution in [0.3, 0.4) is 0 Å². The van der Waals surface area contributed by atoms with E-state index in [-0.39, 0.29) is 48.2 Å². The van der Waals surface area contributed by atoms with E-state index in [1.54, 1.807) is 6.92 Å². The van der Waals surface area contributed by atoms with Crippen LogP contribution < -0.4 is 5.32 Å². The van der Waals surface area contributed by atoms with E-state index in [2.05, 4.69) is 5.32 Å². The monoisotopic (exact) mass is 471 g/mol. The van der Waals surface area contributed by atoms with Gasteiger partial charge in [0, 0.05) is 18.6 Å². The van der Waals surface area contributed by atoms with Crippen molar-refractivity contribution >= 4 is 17.6 Å². The lowest BCUT2D eigenvalue weighted by Crippen LogP contribution is -2.60. The van der Waals surface area contributed by atoms with Crippen LogP contribution in [0.2, 0.25) is 0 Å². The van der Waals surface area contributed by atoms with Crippen molar-refractivity contribution < 1.29 is 19.8 Å². The quantitative estimate of drug-likeness (QED) is 0.373. The Morgan fingerprint density at radius 3 is 2.47 bits per heavy atom. The summed E-state index contributed by atoms with van der Waals surface area (Å²) in [5, 5.41) is 33.6. The van der Waals surface area contributed by atoms with Gasteiger partial charge in [0.25, 0.3) is 5.91 Å². The highest BCUT2D eigenvalue weighted by molar-refractivity contribution is 6.21. The van der Waals surface area contributed by atoms with Crippen LogP contribution in [0.1, 0.15) is 52.5 Å². The Bertz CT molecular complexity index is 940. The smallest absolute Gasteiger partial charge is 0.264 e. The number of hydrogen-bond acceptors (Lipinski definition) is 6. The molecule has 34 heavy (non-hydrogen) atoms. The Kier molecular flexibility index (Phi) is 7.99. The van der Waals surface area contributed by atoms with Gasteiger partial charge < -0.3 is 20.4 Å². The van der Waals surface area contributed by atoms with Crippen molar-refractivity contribution in [1.82, 2.24) is 20.0 Å². The Morgan fingerprint density at radius 1 is 1.18 bits per heavy atom. The number of carbonyl (C=O) groups excluding carboxylic acids is 2. The van der Waals surface area contributed by atoms with E-state index in [9.17, 15) is 19.8 Å². The van der Waals surface area contributed by atoms with Gasteiger partial charge in [0.15, 0.2) is 0 Å². The Hall–Kier alpha value is -2.91. The van der Waals surface area contributed by atoms with Crippen molar-refractivity contribution in [3.05, 3.63) is 47.2 Å². The maximum Gasteiger partial charge on any atom is 0.264 e. The maximum absolute atomic E-state index is 13.1. The number of amides is 2. The van der Waals surface area contributed by atoms with Crippen molar-refractivity contribution in [2.75, 3.05) is 19.6 Å². The van der Waals surface area contributed by atoms with Crippen LogP contribution in [0.15, 0.2) is 41.7 Å². The molecule has 2 saturated heterocycles. The number of aliphatic hydroxyl groups excluding tert-OH is 2. The first-order valence-corrected chi connectivity index (χ1v) is 11.9. The molecule has 186 valence electrons. The Balaban J connectivity index is 1.88. The van der Waals surface area contributed by atoms with Crippen molar-refractivity contribution in [2.24, 2.45) is 0 Å². The summed E-state index contributed by atoms with van der Waals surface area (Å²) in [7, 11) is 0. The third-order valence-corrected chi connectivity index (χ3v) is 6.15. The van der Waals surface area contributed by atoms with Crippen LogP contribution in [0.5, 0.6) is 0 Å². The Morgan fingerprint density at radius 2 is 1.85 bits per heavy atom. The highest BCUT2D eigenvalue weighted by atomic mass is 16.3. The van der Waals surface area contributed by atoms with Gasteiger partial charge >= 0.3 is 0 Å². The molecule has 2 aliphatic rings. The topological polar surface area (TPSA) is 120 Å². The third kappa shape index (κ3) is 5.77. The maximum atomic E-state index is 13.1. The largest absolute Gasteiger partial charge is 0.510 e. The summed E-state index contributed by atoms with van der Waals surface area (Å²) in [6.45, 7) is 8.52. The van der Waals surface area contributed by atoms with Crippen LogP contribution in [0.25, 0.3) is 0 Å². The number of piperidine rings is 1. The Labute approximate surface area is 201 Å². The highest BCUT2D eigenvalue weighted by Gasteiger charge is 2.41. The van der Waals surface area contributed by atoms with Gasteiger partial charge in [0.05, 0.1) is 12.6 Å². The lowest BCUT2D eigenvalue weighted by atomic mass is 9.98. The van der Waals surface area contributed by atoms with Gasteiger partial charge in [-0.25, -0.2) is 0 Å². The molecule has 2 atom stereocenters. The van der Waals surface area contributed by atoms with Crippen molar-refractivity contribution in [3.63, 3.8) is 0 Å². The number of nitrogens with one attached hydrogen (secondary N) is 2. The van der Waals surface area contributed by atoms with Crippen LogP contribution >= 0.6 is 0 Å². The zero-order valence-corrected chi connectivity index (χ0v) is 20.5. The van der Waals surface area contributed by atoms with E-state index < -0.39 is 18.3 Å². The van der Waals surface area contributed by atoms with E-state index in [0.29, 0.717) is 13.0 Å². The molecule has 0 saturated carbocycles. The molecule has 4 N–H and O–H groups in total. The summed E-state index contributed by atoms with van der Waals surface area (Å²) in [5.41, 5.74) is 0.354. The molecule has 9 heteroatoms. The second-order valence-electron chi connectivity index (χ2n) is 9.94. The summed E-state index contributed by atoms with van der Waals surface area (Å²) in [5.74, 6) is -1.18. The summed E-state index contributed by atoms with van der Waals surface area (Å²) >= 11 is 0. The number of likely N-dealkylation sites (N-methyl/N-ethyl adjacent to an activating group) is 1. The zero-order chi connectivity index (χ0) is 25.0. The molecule has 3 rings (SSSR count). The molecular weight excluding hydrogens is 434 g/mol. The number of nitrogens with zero attached hydrogens (tertiary/aromatic N) is 3. The average Bonchev–Trinajstić information content (AvgIpc) is 2.77. The predicted molar refractivity (Wildman–Crippen MR) is 130 cm³/mol. The molecule has 0 aliphatic carbocycles. The van der Waals surface area contributed by atoms with E-state index in [4.69, 9.17) is 5.41 Å². The SMILES string of the molecule is CCN1C(=O)C(=C(O)CN2CCCCC2C(=O)NC(C)(C)C)C(=N)N(Cc2ccccc2)C1O. The number of rotatable bonds is 6. The molecule has 9 nitrogen and oxygen atoms in total. The number of amidine groups is 1. The predicted octanol–water partition coefficient (Wildman–Crippen LogP) is 2.19. The number of aliphatic hydroxyl groups is 2. The van der Waals surface area contributed by atoms with Crippen molar-refractivity contribution in [3.8, 4) is 0 Å². The van der Waals surface area contributed by atoms with E-state index in [1.807, 2.05) is 56.0 Å².